The third kappa shape index (κ3) is 4.88. The van der Waals surface area contributed by atoms with Gasteiger partial charge < -0.3 is 11.1 Å². The molecule has 1 unspecified atom stereocenters. The molecule has 3 N–H and O–H groups in total. The van der Waals surface area contributed by atoms with E-state index in [2.05, 4.69) is 31.3 Å². The number of benzene rings is 1. The Balaban J connectivity index is 2.61. The van der Waals surface area contributed by atoms with Gasteiger partial charge in [-0.25, -0.2) is 0 Å². The quantitative estimate of drug-likeness (QED) is 0.840. The second-order valence-corrected chi connectivity index (χ2v) is 5.64. The molecule has 3 nitrogen and oxygen atoms in total. The van der Waals surface area contributed by atoms with E-state index in [1.165, 1.54) is 5.56 Å². The average Bonchev–Trinajstić information content (AvgIpc) is 2.26. The van der Waals surface area contributed by atoms with E-state index in [1.54, 1.807) is 0 Å². The summed E-state index contributed by atoms with van der Waals surface area (Å²) in [6.45, 7) is 8.06. The molecule has 1 atom stereocenters. The Labute approximate surface area is 110 Å². The Morgan fingerprint density at radius 1 is 1.33 bits per heavy atom. The fraction of sp³-hybridized carbons (Fsp3) is 0.533. The predicted molar refractivity (Wildman–Crippen MR) is 76.7 cm³/mol. The minimum atomic E-state index is -0.471. The molecule has 0 aliphatic heterocycles. The number of carbonyl (C=O) groups is 1. The maximum Gasteiger partial charge on any atom is 0.226 e. The first-order chi connectivity index (χ1) is 8.31. The molecule has 0 spiro atoms. The van der Waals surface area contributed by atoms with E-state index in [0.717, 1.165) is 12.1 Å². The zero-order valence-electron chi connectivity index (χ0n) is 11.8. The van der Waals surface area contributed by atoms with Gasteiger partial charge in [0.1, 0.15) is 0 Å². The van der Waals surface area contributed by atoms with Crippen LogP contribution in [0, 0.1) is 0 Å². The van der Waals surface area contributed by atoms with Gasteiger partial charge in [-0.05, 0) is 43.9 Å². The van der Waals surface area contributed by atoms with Gasteiger partial charge in [0.25, 0.3) is 0 Å². The molecule has 1 rings (SSSR count). The highest BCUT2D eigenvalue weighted by Gasteiger charge is 2.16. The molecule has 1 aromatic carbocycles. The van der Waals surface area contributed by atoms with Gasteiger partial charge in [0.2, 0.25) is 5.91 Å². The van der Waals surface area contributed by atoms with Crippen LogP contribution >= 0.6 is 0 Å². The normalized spacial score (nSPS) is 13.2. The summed E-state index contributed by atoms with van der Waals surface area (Å²) in [6.07, 6.45) is 1.44. The molecule has 0 fully saturated rings. The van der Waals surface area contributed by atoms with Crippen LogP contribution in [-0.2, 0) is 4.79 Å². The molecular weight excluding hydrogens is 224 g/mol. The first kappa shape index (κ1) is 14.7. The van der Waals surface area contributed by atoms with Crippen LogP contribution in [0.15, 0.2) is 24.3 Å². The lowest BCUT2D eigenvalue weighted by atomic mass is 9.98. The zero-order valence-corrected chi connectivity index (χ0v) is 11.8. The van der Waals surface area contributed by atoms with E-state index in [1.807, 2.05) is 26.0 Å². The summed E-state index contributed by atoms with van der Waals surface area (Å²) in [4.78, 5) is 11.7. The van der Waals surface area contributed by atoms with Crippen LogP contribution in [0.25, 0.3) is 0 Å². The SMILES string of the molecule is CCC(C)c1ccc(NC(=O)CC(C)(C)N)cc1. The summed E-state index contributed by atoms with van der Waals surface area (Å²) < 4.78 is 0. The van der Waals surface area contributed by atoms with Crippen molar-refractivity contribution in [1.29, 1.82) is 0 Å². The highest BCUT2D eigenvalue weighted by Crippen LogP contribution is 2.20. The molecule has 100 valence electrons. The van der Waals surface area contributed by atoms with Crippen molar-refractivity contribution in [2.45, 2.75) is 52.0 Å². The molecule has 0 aliphatic rings. The second kappa shape index (κ2) is 6.01. The van der Waals surface area contributed by atoms with Crippen LogP contribution in [0.1, 0.15) is 52.0 Å². The van der Waals surface area contributed by atoms with Gasteiger partial charge >= 0.3 is 0 Å². The van der Waals surface area contributed by atoms with Crippen molar-refractivity contribution in [3.63, 3.8) is 0 Å². The van der Waals surface area contributed by atoms with Gasteiger partial charge in [0.15, 0.2) is 0 Å². The van der Waals surface area contributed by atoms with Crippen LogP contribution in [-0.4, -0.2) is 11.4 Å². The summed E-state index contributed by atoms with van der Waals surface area (Å²) >= 11 is 0. The summed E-state index contributed by atoms with van der Waals surface area (Å²) in [5.41, 5.74) is 7.47. The lowest BCUT2D eigenvalue weighted by molar-refractivity contribution is -0.117. The highest BCUT2D eigenvalue weighted by molar-refractivity contribution is 5.91. The topological polar surface area (TPSA) is 55.1 Å². The van der Waals surface area contributed by atoms with Crippen molar-refractivity contribution in [1.82, 2.24) is 0 Å². The van der Waals surface area contributed by atoms with Crippen molar-refractivity contribution >= 4 is 11.6 Å². The summed E-state index contributed by atoms with van der Waals surface area (Å²) in [6, 6.07) is 8.03. The lowest BCUT2D eigenvalue weighted by Crippen LogP contribution is -2.36. The predicted octanol–water partition coefficient (Wildman–Crippen LogP) is 3.27. The molecule has 18 heavy (non-hydrogen) atoms. The molecule has 3 heteroatoms. The van der Waals surface area contributed by atoms with Gasteiger partial charge in [-0.15, -0.1) is 0 Å². The van der Waals surface area contributed by atoms with E-state index < -0.39 is 5.54 Å². The third-order valence-corrected chi connectivity index (χ3v) is 2.99. The number of hydrogen-bond acceptors (Lipinski definition) is 2. The zero-order chi connectivity index (χ0) is 13.8. The standard InChI is InChI=1S/C15H24N2O/c1-5-11(2)12-6-8-13(9-7-12)17-14(18)10-15(3,4)16/h6-9,11H,5,10,16H2,1-4H3,(H,17,18). The Hall–Kier alpha value is -1.35. The van der Waals surface area contributed by atoms with Crippen LogP contribution in [0.3, 0.4) is 0 Å². The third-order valence-electron chi connectivity index (χ3n) is 2.99. The summed E-state index contributed by atoms with van der Waals surface area (Å²) in [5, 5.41) is 2.86. The number of nitrogens with two attached hydrogens (primary N) is 1. The fourth-order valence-corrected chi connectivity index (χ4v) is 1.75. The molecule has 0 saturated carbocycles. The highest BCUT2D eigenvalue weighted by atomic mass is 16.1. The summed E-state index contributed by atoms with van der Waals surface area (Å²) in [7, 11) is 0. The number of nitrogens with one attached hydrogen (secondary N) is 1. The molecule has 0 aromatic heterocycles. The van der Waals surface area contributed by atoms with E-state index in [9.17, 15) is 4.79 Å². The van der Waals surface area contributed by atoms with Crippen LogP contribution in [0.2, 0.25) is 0 Å². The summed E-state index contributed by atoms with van der Waals surface area (Å²) in [5.74, 6) is 0.511. The number of amides is 1. The molecule has 0 bridgehead atoms. The first-order valence-corrected chi connectivity index (χ1v) is 6.50. The Morgan fingerprint density at radius 3 is 2.33 bits per heavy atom. The number of hydrogen-bond donors (Lipinski definition) is 2. The van der Waals surface area contributed by atoms with Crippen molar-refractivity contribution < 1.29 is 4.79 Å². The number of anilines is 1. The maximum atomic E-state index is 11.7. The van der Waals surface area contributed by atoms with Crippen molar-refractivity contribution in [2.75, 3.05) is 5.32 Å². The smallest absolute Gasteiger partial charge is 0.226 e. The van der Waals surface area contributed by atoms with Gasteiger partial charge in [-0.3, -0.25) is 4.79 Å². The Morgan fingerprint density at radius 2 is 1.89 bits per heavy atom. The molecular formula is C15H24N2O. The Bertz CT molecular complexity index is 390. The van der Waals surface area contributed by atoms with Crippen molar-refractivity contribution in [3.8, 4) is 0 Å². The first-order valence-electron chi connectivity index (χ1n) is 6.50. The molecule has 0 heterocycles. The minimum absolute atomic E-state index is 0.0428. The molecule has 1 amide bonds. The lowest BCUT2D eigenvalue weighted by Gasteiger charge is -2.17. The number of rotatable bonds is 5. The minimum Gasteiger partial charge on any atom is -0.326 e. The van der Waals surface area contributed by atoms with Gasteiger partial charge in [-0.2, -0.15) is 0 Å². The number of carbonyl (C=O) groups excluding carboxylic acids is 1. The van der Waals surface area contributed by atoms with Crippen molar-refractivity contribution in [3.05, 3.63) is 29.8 Å². The second-order valence-electron chi connectivity index (χ2n) is 5.64. The van der Waals surface area contributed by atoms with Gasteiger partial charge in [0.05, 0.1) is 0 Å². The van der Waals surface area contributed by atoms with Crippen LogP contribution < -0.4 is 11.1 Å². The Kier molecular flexibility index (Phi) is 4.91. The van der Waals surface area contributed by atoms with E-state index in [-0.39, 0.29) is 5.91 Å². The average molecular weight is 248 g/mol. The molecule has 0 radical (unpaired) electrons. The molecule has 0 saturated heterocycles. The van der Waals surface area contributed by atoms with Gasteiger partial charge in [-0.1, -0.05) is 26.0 Å². The van der Waals surface area contributed by atoms with E-state index in [0.29, 0.717) is 12.3 Å². The monoisotopic (exact) mass is 248 g/mol. The molecule has 1 aromatic rings. The van der Waals surface area contributed by atoms with Crippen LogP contribution in [0.4, 0.5) is 5.69 Å². The molecule has 0 aliphatic carbocycles. The maximum absolute atomic E-state index is 11.7. The van der Waals surface area contributed by atoms with E-state index >= 15 is 0 Å². The fourth-order valence-electron chi connectivity index (χ4n) is 1.75. The largest absolute Gasteiger partial charge is 0.326 e. The van der Waals surface area contributed by atoms with Gasteiger partial charge in [0, 0.05) is 17.6 Å². The van der Waals surface area contributed by atoms with E-state index in [4.69, 9.17) is 5.73 Å². The van der Waals surface area contributed by atoms with Crippen LogP contribution in [0.5, 0.6) is 0 Å². The van der Waals surface area contributed by atoms with Crippen molar-refractivity contribution in [2.24, 2.45) is 5.73 Å².